The maximum absolute atomic E-state index is 14.2. The molecular formula is C46H54ClF3N8O7. The van der Waals surface area contributed by atoms with Crippen molar-refractivity contribution in [1.82, 2.24) is 29.7 Å². The Kier molecular flexibility index (Phi) is 13.7. The van der Waals surface area contributed by atoms with E-state index in [1.54, 1.807) is 47.5 Å². The zero-order valence-electron chi connectivity index (χ0n) is 37.1. The molecule has 4 atom stereocenters. The number of nitrogens with one attached hydrogen (secondary N) is 2. The summed E-state index contributed by atoms with van der Waals surface area (Å²) in [6.45, 7) is 12.7. The average Bonchev–Trinajstić information content (AvgIpc) is 3.90. The number of carbonyl (C=O) groups excluding carboxylic acids is 3. The number of halogens is 4. The average molecular weight is 923 g/mol. The Bertz CT molecular complexity index is 2390. The number of hydrogen-bond donors (Lipinski definition) is 3. The monoisotopic (exact) mass is 922 g/mol. The number of carboxylic acid groups (broad SMARTS) is 1. The number of pyridine rings is 1. The number of anilines is 2. The normalized spacial score (nSPS) is 20.1. The number of imidazole rings is 1. The van der Waals surface area contributed by atoms with Gasteiger partial charge in [-0.1, -0.05) is 63.6 Å². The van der Waals surface area contributed by atoms with Gasteiger partial charge in [-0.25, -0.2) is 14.8 Å². The molecule has 3 N–H and O–H groups in total. The molecule has 0 aliphatic carbocycles. The molecule has 65 heavy (non-hydrogen) atoms. The molecule has 4 amide bonds. The highest BCUT2D eigenvalue weighted by Gasteiger charge is 2.44. The van der Waals surface area contributed by atoms with Gasteiger partial charge in [-0.15, -0.1) is 13.2 Å². The number of rotatable bonds is 10. The van der Waals surface area contributed by atoms with Gasteiger partial charge in [0.25, 0.3) is 5.91 Å². The van der Waals surface area contributed by atoms with Crippen molar-refractivity contribution in [1.29, 1.82) is 0 Å². The van der Waals surface area contributed by atoms with Crippen LogP contribution in [-0.2, 0) is 14.3 Å². The Hall–Kier alpha value is -5.88. The number of likely N-dealkylation sites (tertiary alicyclic amines) is 1. The number of likely N-dealkylation sites (N-methyl/N-ethyl adjacent to an activating group) is 1. The molecule has 5 heterocycles. The summed E-state index contributed by atoms with van der Waals surface area (Å²) in [5.41, 5.74) is 1.05. The summed E-state index contributed by atoms with van der Waals surface area (Å²) in [6, 6.07) is 10.8. The third-order valence-electron chi connectivity index (χ3n) is 12.3. The molecule has 4 aromatic rings. The molecule has 0 bridgehead atoms. The summed E-state index contributed by atoms with van der Waals surface area (Å²) in [6.07, 6.45) is -1.51. The Balaban J connectivity index is 1.06. The van der Waals surface area contributed by atoms with E-state index in [0.29, 0.717) is 87.2 Å². The standard InChI is InChI=1S/C46H54ClF3N8O7/c1-26-19-35(58(24-26)42(60)39(55(6)44(62)63)30-13-17-64-18-14-30)40-52-23-34(54-40)28-7-9-29(10-8-28)38-33(47)20-31(21-36(38)65-46(48,49)50)41(59)53-32-11-12-37(51-22-32)57-16-15-56(25-27(57)2)43(61)45(3,4)5/h7-12,20-23,26-27,30,35,39H,13-19,24-25H2,1-6H3,(H,52,54)(H,53,59)(H,62,63)/t26-,27+,35-,39-/m0/s1. The number of alkyl halides is 3. The second kappa shape index (κ2) is 18.9. The number of ether oxygens (including phenoxy) is 2. The predicted molar refractivity (Wildman–Crippen MR) is 238 cm³/mol. The molecule has 19 heteroatoms. The number of aromatic nitrogens is 3. The van der Waals surface area contributed by atoms with Gasteiger partial charge in [0.1, 0.15) is 23.4 Å². The fourth-order valence-corrected chi connectivity index (χ4v) is 9.33. The molecule has 348 valence electrons. The highest BCUT2D eigenvalue weighted by Crippen LogP contribution is 2.42. The van der Waals surface area contributed by atoms with Crippen LogP contribution in [0.5, 0.6) is 5.75 Å². The number of aromatic amines is 1. The van der Waals surface area contributed by atoms with Crippen molar-refractivity contribution >= 4 is 46.9 Å². The quantitative estimate of drug-likeness (QED) is 0.140. The van der Waals surface area contributed by atoms with E-state index in [1.165, 1.54) is 19.3 Å². The van der Waals surface area contributed by atoms with Crippen molar-refractivity contribution in [2.75, 3.05) is 56.7 Å². The Morgan fingerprint density at radius 3 is 2.28 bits per heavy atom. The first kappa shape index (κ1) is 47.1. The minimum Gasteiger partial charge on any atom is -0.465 e. The van der Waals surface area contributed by atoms with Crippen LogP contribution in [0.15, 0.2) is 60.9 Å². The van der Waals surface area contributed by atoms with E-state index in [1.807, 2.05) is 39.5 Å². The lowest BCUT2D eigenvalue weighted by Gasteiger charge is -2.42. The van der Waals surface area contributed by atoms with Crippen molar-refractivity contribution in [3.8, 4) is 28.1 Å². The van der Waals surface area contributed by atoms with E-state index in [2.05, 4.69) is 29.9 Å². The second-order valence-corrected chi connectivity index (χ2v) is 18.6. The fourth-order valence-electron chi connectivity index (χ4n) is 9.01. The van der Waals surface area contributed by atoms with Crippen LogP contribution in [-0.4, -0.2) is 123 Å². The van der Waals surface area contributed by atoms with E-state index in [0.717, 1.165) is 11.0 Å². The summed E-state index contributed by atoms with van der Waals surface area (Å²) in [4.78, 5) is 71.7. The molecule has 0 spiro atoms. The van der Waals surface area contributed by atoms with Crippen LogP contribution in [0.25, 0.3) is 22.4 Å². The number of carbonyl (C=O) groups is 4. The fraction of sp³-hybridized carbons (Fsp3) is 0.478. The minimum atomic E-state index is -5.11. The molecule has 15 nitrogen and oxygen atoms in total. The van der Waals surface area contributed by atoms with Gasteiger partial charge in [0, 0.05) is 69.0 Å². The summed E-state index contributed by atoms with van der Waals surface area (Å²) in [5.74, 6) is -0.521. The van der Waals surface area contributed by atoms with Crippen molar-refractivity contribution in [2.24, 2.45) is 17.3 Å². The maximum Gasteiger partial charge on any atom is 0.573 e. The number of benzene rings is 2. The van der Waals surface area contributed by atoms with Gasteiger partial charge in [0.2, 0.25) is 11.8 Å². The summed E-state index contributed by atoms with van der Waals surface area (Å²) in [5, 5.41) is 12.4. The zero-order chi connectivity index (χ0) is 47.0. The predicted octanol–water partition coefficient (Wildman–Crippen LogP) is 8.34. The number of amides is 4. The van der Waals surface area contributed by atoms with Gasteiger partial charge in [0.05, 0.1) is 34.8 Å². The Morgan fingerprint density at radius 1 is 0.969 bits per heavy atom. The molecule has 3 saturated heterocycles. The smallest absolute Gasteiger partial charge is 0.465 e. The largest absolute Gasteiger partial charge is 0.573 e. The summed E-state index contributed by atoms with van der Waals surface area (Å²) >= 11 is 6.65. The van der Waals surface area contributed by atoms with Gasteiger partial charge in [-0.3, -0.25) is 19.3 Å². The van der Waals surface area contributed by atoms with Crippen LogP contribution in [0.2, 0.25) is 5.02 Å². The van der Waals surface area contributed by atoms with E-state index in [-0.39, 0.29) is 51.4 Å². The van der Waals surface area contributed by atoms with Crippen LogP contribution in [0, 0.1) is 17.3 Å². The first-order valence-corrected chi connectivity index (χ1v) is 22.0. The van der Waals surface area contributed by atoms with Gasteiger partial charge in [0.15, 0.2) is 0 Å². The lowest BCUT2D eigenvalue weighted by molar-refractivity contribution is -0.274. The van der Waals surface area contributed by atoms with Crippen LogP contribution >= 0.6 is 11.6 Å². The zero-order valence-corrected chi connectivity index (χ0v) is 37.9. The van der Waals surface area contributed by atoms with Crippen molar-refractivity contribution in [3.63, 3.8) is 0 Å². The molecule has 2 aromatic carbocycles. The number of H-pyrrole nitrogens is 1. The third-order valence-corrected chi connectivity index (χ3v) is 12.6. The van der Waals surface area contributed by atoms with Gasteiger partial charge < -0.3 is 39.6 Å². The SMILES string of the molecule is C[C@H]1C[C@@H](c2ncc(-c3ccc(-c4c(Cl)cc(C(=O)Nc5ccc(N6CCN(C(=O)C(C)(C)C)C[C@H]6C)nc5)cc4OC(F)(F)F)cc3)[nH]2)N(C(=O)[C@H](C2CCOCC2)N(C)C(=O)O)C1. The van der Waals surface area contributed by atoms with Crippen LogP contribution in [0.3, 0.4) is 0 Å². The first-order valence-electron chi connectivity index (χ1n) is 21.6. The van der Waals surface area contributed by atoms with Gasteiger partial charge in [-0.05, 0) is 73.4 Å². The highest BCUT2D eigenvalue weighted by atomic mass is 35.5. The van der Waals surface area contributed by atoms with Crippen molar-refractivity contribution in [2.45, 2.75) is 78.4 Å². The molecule has 2 aromatic heterocycles. The molecule has 0 unspecified atom stereocenters. The molecule has 3 aliphatic rings. The van der Waals surface area contributed by atoms with Crippen molar-refractivity contribution < 1.29 is 46.9 Å². The van der Waals surface area contributed by atoms with Gasteiger partial charge >= 0.3 is 12.5 Å². The van der Waals surface area contributed by atoms with Crippen LogP contribution in [0.4, 0.5) is 29.5 Å². The lowest BCUT2D eigenvalue weighted by atomic mass is 9.89. The topological polar surface area (TPSA) is 174 Å². The van der Waals surface area contributed by atoms with Crippen molar-refractivity contribution in [3.05, 3.63) is 77.3 Å². The Labute approximate surface area is 380 Å². The van der Waals surface area contributed by atoms with E-state index >= 15 is 0 Å². The van der Waals surface area contributed by atoms with E-state index < -0.39 is 41.6 Å². The van der Waals surface area contributed by atoms with Crippen LogP contribution in [0.1, 0.15) is 76.1 Å². The molecular weight excluding hydrogens is 869 g/mol. The van der Waals surface area contributed by atoms with Gasteiger partial charge in [-0.2, -0.15) is 0 Å². The third kappa shape index (κ3) is 10.6. The van der Waals surface area contributed by atoms with E-state index in [9.17, 15) is 37.5 Å². The molecule has 7 rings (SSSR count). The molecule has 0 radical (unpaired) electrons. The summed E-state index contributed by atoms with van der Waals surface area (Å²) in [7, 11) is 1.42. The highest BCUT2D eigenvalue weighted by molar-refractivity contribution is 6.34. The molecule has 3 fully saturated rings. The maximum atomic E-state index is 14.2. The molecule has 0 saturated carbocycles. The lowest BCUT2D eigenvalue weighted by Crippen LogP contribution is -2.56. The minimum absolute atomic E-state index is 0.0153. The summed E-state index contributed by atoms with van der Waals surface area (Å²) < 4.78 is 51.5. The Morgan fingerprint density at radius 2 is 1.66 bits per heavy atom. The number of hydrogen-bond acceptors (Lipinski definition) is 9. The first-order chi connectivity index (χ1) is 30.7. The second-order valence-electron chi connectivity index (χ2n) is 18.2. The van der Waals surface area contributed by atoms with Crippen LogP contribution < -0.4 is 15.0 Å². The van der Waals surface area contributed by atoms with E-state index in [4.69, 9.17) is 16.3 Å². The molecule has 3 aliphatic heterocycles. The number of nitrogens with zero attached hydrogens (tertiary/aromatic N) is 6. The number of piperazine rings is 1.